The van der Waals surface area contributed by atoms with Crippen molar-refractivity contribution in [3.05, 3.63) is 58.3 Å². The Morgan fingerprint density at radius 3 is 2.82 bits per heavy atom. The fourth-order valence-corrected chi connectivity index (χ4v) is 3.05. The van der Waals surface area contributed by atoms with Gasteiger partial charge in [-0.2, -0.15) is 0 Å². The number of rotatable bonds is 4. The van der Waals surface area contributed by atoms with Crippen LogP contribution in [0, 0.1) is 0 Å². The van der Waals surface area contributed by atoms with E-state index in [9.17, 15) is 4.79 Å². The van der Waals surface area contributed by atoms with Crippen LogP contribution in [0.3, 0.4) is 0 Å². The van der Waals surface area contributed by atoms with Crippen molar-refractivity contribution in [2.75, 3.05) is 18.4 Å². The number of pyridine rings is 1. The van der Waals surface area contributed by atoms with Gasteiger partial charge in [0.25, 0.3) is 5.91 Å². The number of carbonyl (C=O) groups is 1. The van der Waals surface area contributed by atoms with Crippen molar-refractivity contribution in [1.82, 2.24) is 9.88 Å². The standard InChI is InChI=1S/C17H18BrN3O/c18-15-9-14(10-19-11-15)17(22)20-16-5-3-4-13(8-16)12-21-6-1-2-7-21/h3-5,8-11H,1-2,6-7,12H2,(H,20,22). The fourth-order valence-electron chi connectivity index (χ4n) is 2.69. The van der Waals surface area contributed by atoms with E-state index in [4.69, 9.17) is 0 Å². The Kier molecular flexibility index (Phi) is 4.85. The maximum Gasteiger partial charge on any atom is 0.257 e. The number of carbonyl (C=O) groups excluding carboxylic acids is 1. The third-order valence-electron chi connectivity index (χ3n) is 3.76. The molecule has 1 aliphatic heterocycles. The predicted octanol–water partition coefficient (Wildman–Crippen LogP) is 3.69. The van der Waals surface area contributed by atoms with Crippen LogP contribution in [0.5, 0.6) is 0 Å². The lowest BCUT2D eigenvalue weighted by atomic mass is 10.2. The van der Waals surface area contributed by atoms with Gasteiger partial charge in [0.2, 0.25) is 0 Å². The molecule has 1 aromatic carbocycles. The van der Waals surface area contributed by atoms with Crippen LogP contribution in [-0.2, 0) is 6.54 Å². The van der Waals surface area contributed by atoms with E-state index in [1.165, 1.54) is 31.5 Å². The van der Waals surface area contributed by atoms with Crippen LogP contribution in [0.1, 0.15) is 28.8 Å². The summed E-state index contributed by atoms with van der Waals surface area (Å²) in [6, 6.07) is 9.81. The lowest BCUT2D eigenvalue weighted by Gasteiger charge is -2.15. The van der Waals surface area contributed by atoms with Crippen molar-refractivity contribution in [2.45, 2.75) is 19.4 Å². The average Bonchev–Trinajstić information content (AvgIpc) is 3.00. The molecule has 22 heavy (non-hydrogen) atoms. The molecule has 114 valence electrons. The predicted molar refractivity (Wildman–Crippen MR) is 90.8 cm³/mol. The van der Waals surface area contributed by atoms with Crippen LogP contribution in [0.4, 0.5) is 5.69 Å². The molecule has 0 aliphatic carbocycles. The van der Waals surface area contributed by atoms with E-state index in [1.807, 2.05) is 18.2 Å². The number of benzene rings is 1. The highest BCUT2D eigenvalue weighted by atomic mass is 79.9. The van der Waals surface area contributed by atoms with Crippen LogP contribution in [0.25, 0.3) is 0 Å². The molecule has 2 heterocycles. The number of likely N-dealkylation sites (tertiary alicyclic amines) is 1. The summed E-state index contributed by atoms with van der Waals surface area (Å²) >= 11 is 3.33. The van der Waals surface area contributed by atoms with E-state index < -0.39 is 0 Å². The Bertz CT molecular complexity index is 668. The second kappa shape index (κ2) is 7.03. The Hall–Kier alpha value is -1.72. The van der Waals surface area contributed by atoms with Gasteiger partial charge in [-0.25, -0.2) is 0 Å². The minimum Gasteiger partial charge on any atom is -0.322 e. The van der Waals surface area contributed by atoms with Gasteiger partial charge >= 0.3 is 0 Å². The molecule has 0 bridgehead atoms. The molecular weight excluding hydrogens is 342 g/mol. The van der Waals surface area contributed by atoms with Crippen LogP contribution in [0.2, 0.25) is 0 Å². The molecule has 4 nitrogen and oxygen atoms in total. The average molecular weight is 360 g/mol. The fraction of sp³-hybridized carbons (Fsp3) is 0.294. The highest BCUT2D eigenvalue weighted by Crippen LogP contribution is 2.17. The van der Waals surface area contributed by atoms with Gasteiger partial charge in [-0.1, -0.05) is 12.1 Å². The minimum atomic E-state index is -0.146. The molecule has 3 rings (SSSR count). The van der Waals surface area contributed by atoms with Gasteiger partial charge in [0.15, 0.2) is 0 Å². The summed E-state index contributed by atoms with van der Waals surface area (Å²) in [6.45, 7) is 3.28. The molecule has 1 aromatic heterocycles. The second-order valence-electron chi connectivity index (χ2n) is 5.53. The molecule has 1 fully saturated rings. The first-order valence-electron chi connectivity index (χ1n) is 7.44. The smallest absolute Gasteiger partial charge is 0.257 e. The van der Waals surface area contributed by atoms with Crippen LogP contribution in [-0.4, -0.2) is 28.9 Å². The molecule has 2 aromatic rings. The van der Waals surface area contributed by atoms with Gasteiger partial charge in [0, 0.05) is 29.1 Å². The quantitative estimate of drug-likeness (QED) is 0.905. The van der Waals surface area contributed by atoms with Crippen molar-refractivity contribution < 1.29 is 4.79 Å². The normalized spacial score (nSPS) is 15.0. The molecule has 1 aliphatic rings. The lowest BCUT2D eigenvalue weighted by molar-refractivity contribution is 0.102. The minimum absolute atomic E-state index is 0.146. The number of nitrogens with one attached hydrogen (secondary N) is 1. The van der Waals surface area contributed by atoms with Gasteiger partial charge in [0.05, 0.1) is 5.56 Å². The Morgan fingerprint density at radius 1 is 1.23 bits per heavy atom. The summed E-state index contributed by atoms with van der Waals surface area (Å²) in [6.07, 6.45) is 5.79. The van der Waals surface area contributed by atoms with Crippen LogP contribution < -0.4 is 5.32 Å². The van der Waals surface area contributed by atoms with E-state index in [1.54, 1.807) is 18.5 Å². The number of halogens is 1. The Morgan fingerprint density at radius 2 is 2.05 bits per heavy atom. The zero-order chi connectivity index (χ0) is 15.4. The number of amides is 1. The number of hydrogen-bond acceptors (Lipinski definition) is 3. The molecule has 1 N–H and O–H groups in total. The van der Waals surface area contributed by atoms with E-state index in [0.29, 0.717) is 5.56 Å². The zero-order valence-electron chi connectivity index (χ0n) is 12.3. The zero-order valence-corrected chi connectivity index (χ0v) is 13.8. The molecule has 0 radical (unpaired) electrons. The lowest BCUT2D eigenvalue weighted by Crippen LogP contribution is -2.18. The first-order chi connectivity index (χ1) is 10.7. The van der Waals surface area contributed by atoms with Gasteiger partial charge in [0.1, 0.15) is 0 Å². The van der Waals surface area contributed by atoms with E-state index in [0.717, 1.165) is 16.7 Å². The van der Waals surface area contributed by atoms with E-state index in [2.05, 4.69) is 37.2 Å². The van der Waals surface area contributed by atoms with Crippen molar-refractivity contribution in [1.29, 1.82) is 0 Å². The number of hydrogen-bond donors (Lipinski definition) is 1. The maximum absolute atomic E-state index is 12.2. The topological polar surface area (TPSA) is 45.2 Å². The molecule has 0 atom stereocenters. The maximum atomic E-state index is 12.2. The summed E-state index contributed by atoms with van der Waals surface area (Å²) in [5.41, 5.74) is 2.59. The summed E-state index contributed by atoms with van der Waals surface area (Å²) < 4.78 is 0.794. The third kappa shape index (κ3) is 3.93. The first-order valence-corrected chi connectivity index (χ1v) is 8.23. The number of nitrogens with zero attached hydrogens (tertiary/aromatic N) is 2. The highest BCUT2D eigenvalue weighted by Gasteiger charge is 2.12. The Balaban J connectivity index is 1.68. The van der Waals surface area contributed by atoms with Crippen molar-refractivity contribution >= 4 is 27.5 Å². The Labute approximate surface area is 138 Å². The highest BCUT2D eigenvalue weighted by molar-refractivity contribution is 9.10. The largest absolute Gasteiger partial charge is 0.322 e. The summed E-state index contributed by atoms with van der Waals surface area (Å²) in [5.74, 6) is -0.146. The first kappa shape index (κ1) is 15.2. The monoisotopic (exact) mass is 359 g/mol. The molecule has 0 saturated carbocycles. The van der Waals surface area contributed by atoms with Gasteiger partial charge < -0.3 is 5.32 Å². The SMILES string of the molecule is O=C(Nc1cccc(CN2CCCC2)c1)c1cncc(Br)c1. The van der Waals surface area contributed by atoms with E-state index >= 15 is 0 Å². The summed E-state index contributed by atoms with van der Waals surface area (Å²) in [7, 11) is 0. The van der Waals surface area contributed by atoms with Crippen LogP contribution >= 0.6 is 15.9 Å². The summed E-state index contributed by atoms with van der Waals surface area (Å²) in [4.78, 5) is 18.7. The van der Waals surface area contributed by atoms with Crippen molar-refractivity contribution in [2.24, 2.45) is 0 Å². The molecule has 1 saturated heterocycles. The summed E-state index contributed by atoms with van der Waals surface area (Å²) in [5, 5.41) is 2.93. The molecule has 5 heteroatoms. The van der Waals surface area contributed by atoms with Gasteiger partial charge in [-0.3, -0.25) is 14.7 Å². The van der Waals surface area contributed by atoms with Crippen molar-refractivity contribution in [3.8, 4) is 0 Å². The molecule has 0 unspecified atom stereocenters. The molecule has 0 spiro atoms. The third-order valence-corrected chi connectivity index (χ3v) is 4.19. The number of aromatic nitrogens is 1. The van der Waals surface area contributed by atoms with Gasteiger partial charge in [-0.15, -0.1) is 0 Å². The van der Waals surface area contributed by atoms with E-state index in [-0.39, 0.29) is 5.91 Å². The second-order valence-corrected chi connectivity index (χ2v) is 6.45. The number of anilines is 1. The van der Waals surface area contributed by atoms with Crippen molar-refractivity contribution in [3.63, 3.8) is 0 Å². The van der Waals surface area contributed by atoms with Crippen LogP contribution in [0.15, 0.2) is 47.2 Å². The molecular formula is C17H18BrN3O. The molecule has 1 amide bonds. The van der Waals surface area contributed by atoms with Gasteiger partial charge in [-0.05, 0) is 65.6 Å².